The minimum atomic E-state index is -0.126. The molecule has 0 bridgehead atoms. The summed E-state index contributed by atoms with van der Waals surface area (Å²) < 4.78 is 0. The molecule has 2 N–H and O–H groups in total. The molecule has 5 nitrogen and oxygen atoms in total. The van der Waals surface area contributed by atoms with E-state index in [2.05, 4.69) is 36.0 Å². The Morgan fingerprint density at radius 1 is 1.45 bits per heavy atom. The van der Waals surface area contributed by atoms with Crippen LogP contribution in [-0.2, 0) is 5.41 Å². The fourth-order valence-corrected chi connectivity index (χ4v) is 3.35. The molecule has 1 aromatic rings. The number of nitrogens with zero attached hydrogens (tertiary/aromatic N) is 2. The van der Waals surface area contributed by atoms with Crippen LogP contribution in [-0.4, -0.2) is 53.2 Å². The first-order valence-electron chi connectivity index (χ1n) is 8.01. The van der Waals surface area contributed by atoms with Gasteiger partial charge in [0.25, 0.3) is 5.91 Å². The molecule has 0 radical (unpaired) electrons. The molecular formula is C16H27N3O2S. The van der Waals surface area contributed by atoms with E-state index in [4.69, 9.17) is 0 Å². The van der Waals surface area contributed by atoms with Crippen molar-refractivity contribution in [2.24, 2.45) is 0 Å². The summed E-state index contributed by atoms with van der Waals surface area (Å²) in [5.74, 6) is -0.0259. The Kier molecular flexibility index (Phi) is 5.94. The second kappa shape index (κ2) is 7.53. The number of carbonyl (C=O) groups is 1. The highest BCUT2D eigenvalue weighted by Crippen LogP contribution is 2.26. The molecule has 22 heavy (non-hydrogen) atoms. The number of hydrogen-bond donors (Lipinski definition) is 2. The lowest BCUT2D eigenvalue weighted by molar-refractivity contribution is 0.0816. The third-order valence-electron chi connectivity index (χ3n) is 3.86. The lowest BCUT2D eigenvalue weighted by Crippen LogP contribution is -2.37. The van der Waals surface area contributed by atoms with Gasteiger partial charge in [-0.3, -0.25) is 4.79 Å². The highest BCUT2D eigenvalue weighted by atomic mass is 32.1. The molecule has 0 spiro atoms. The largest absolute Gasteiger partial charge is 0.393 e. The van der Waals surface area contributed by atoms with E-state index in [1.165, 1.54) is 11.3 Å². The summed E-state index contributed by atoms with van der Waals surface area (Å²) in [6, 6.07) is 0. The highest BCUT2D eigenvalue weighted by Gasteiger charge is 2.20. The average molecular weight is 325 g/mol. The smallest absolute Gasteiger partial charge is 0.263 e. The lowest BCUT2D eigenvalue weighted by Gasteiger charge is -2.29. The van der Waals surface area contributed by atoms with Crippen LogP contribution in [0.2, 0.25) is 0 Å². The number of aromatic nitrogens is 1. The Hall–Kier alpha value is -0.980. The predicted molar refractivity (Wildman–Crippen MR) is 89.4 cm³/mol. The number of aliphatic hydroxyl groups excluding tert-OH is 1. The van der Waals surface area contributed by atoms with Crippen LogP contribution in [0.3, 0.4) is 0 Å². The van der Waals surface area contributed by atoms with Gasteiger partial charge >= 0.3 is 0 Å². The quantitative estimate of drug-likeness (QED) is 0.813. The summed E-state index contributed by atoms with van der Waals surface area (Å²) >= 11 is 1.47. The molecule has 2 rings (SSSR count). The third kappa shape index (κ3) is 5.04. The second-order valence-electron chi connectivity index (χ2n) is 6.96. The van der Waals surface area contributed by atoms with Gasteiger partial charge in [0.1, 0.15) is 4.88 Å². The molecule has 0 aromatic carbocycles. The van der Waals surface area contributed by atoms with Crippen LogP contribution >= 0.6 is 11.3 Å². The Morgan fingerprint density at radius 3 is 2.73 bits per heavy atom. The average Bonchev–Trinajstić information content (AvgIpc) is 2.95. The molecule has 1 aromatic heterocycles. The second-order valence-corrected chi connectivity index (χ2v) is 7.99. The molecular weight excluding hydrogens is 298 g/mol. The van der Waals surface area contributed by atoms with Crippen molar-refractivity contribution < 1.29 is 9.90 Å². The van der Waals surface area contributed by atoms with Crippen molar-refractivity contribution >= 4 is 17.2 Å². The van der Waals surface area contributed by atoms with Crippen LogP contribution in [0, 0.1) is 0 Å². The molecule has 0 unspecified atom stereocenters. The molecule has 2 heterocycles. The Labute approximate surface area is 136 Å². The van der Waals surface area contributed by atoms with E-state index in [1.807, 2.05) is 0 Å². The topological polar surface area (TPSA) is 65.5 Å². The van der Waals surface area contributed by atoms with E-state index in [0.717, 1.165) is 43.9 Å². The first kappa shape index (κ1) is 17.4. The molecule has 1 fully saturated rings. The van der Waals surface area contributed by atoms with Gasteiger partial charge < -0.3 is 15.3 Å². The maximum atomic E-state index is 12.1. The van der Waals surface area contributed by atoms with Gasteiger partial charge in [-0.1, -0.05) is 20.8 Å². The number of aliphatic hydroxyl groups is 1. The van der Waals surface area contributed by atoms with E-state index in [-0.39, 0.29) is 17.4 Å². The number of amides is 1. The fourth-order valence-electron chi connectivity index (χ4n) is 2.46. The maximum Gasteiger partial charge on any atom is 0.263 e. The number of likely N-dealkylation sites (tertiary alicyclic amines) is 1. The Morgan fingerprint density at radius 2 is 2.14 bits per heavy atom. The van der Waals surface area contributed by atoms with Crippen molar-refractivity contribution in [1.29, 1.82) is 0 Å². The van der Waals surface area contributed by atoms with E-state index in [1.54, 1.807) is 6.20 Å². The molecule has 124 valence electrons. The van der Waals surface area contributed by atoms with Crippen LogP contribution < -0.4 is 5.32 Å². The van der Waals surface area contributed by atoms with Crippen LogP contribution in [0.15, 0.2) is 6.20 Å². The van der Waals surface area contributed by atoms with Crippen LogP contribution in [0.5, 0.6) is 0 Å². The number of rotatable bonds is 5. The molecule has 1 aliphatic rings. The summed E-state index contributed by atoms with van der Waals surface area (Å²) in [4.78, 5) is 19.5. The van der Waals surface area contributed by atoms with Crippen LogP contribution in [0.4, 0.5) is 0 Å². The molecule has 1 amide bonds. The van der Waals surface area contributed by atoms with E-state index >= 15 is 0 Å². The lowest BCUT2D eigenvalue weighted by atomic mass is 9.98. The molecule has 0 saturated carbocycles. The summed E-state index contributed by atoms with van der Waals surface area (Å²) in [5, 5.41) is 13.4. The number of hydrogen-bond acceptors (Lipinski definition) is 5. The normalized spacial score (nSPS) is 17.6. The summed E-state index contributed by atoms with van der Waals surface area (Å²) in [5.41, 5.74) is -0.0119. The van der Waals surface area contributed by atoms with Crippen LogP contribution in [0.25, 0.3) is 0 Å². The first-order valence-corrected chi connectivity index (χ1v) is 8.83. The zero-order chi connectivity index (χ0) is 16.2. The summed E-state index contributed by atoms with van der Waals surface area (Å²) in [6.07, 6.45) is 4.21. The standard InChI is InChI=1S/C16H27N3O2S/c1-16(2,3)15-18-11-13(22-15)14(21)17-7-4-8-19-9-5-12(20)6-10-19/h11-12,20H,4-10H2,1-3H3,(H,17,21). The summed E-state index contributed by atoms with van der Waals surface area (Å²) in [6.45, 7) is 9.87. The van der Waals surface area contributed by atoms with E-state index in [9.17, 15) is 9.90 Å². The fraction of sp³-hybridized carbons (Fsp3) is 0.750. The summed E-state index contributed by atoms with van der Waals surface area (Å²) in [7, 11) is 0. The number of piperidine rings is 1. The number of thiazole rings is 1. The van der Waals surface area contributed by atoms with E-state index < -0.39 is 0 Å². The molecule has 0 aliphatic carbocycles. The predicted octanol–water partition coefficient (Wildman–Crippen LogP) is 2.02. The monoisotopic (exact) mass is 325 g/mol. The van der Waals surface area contributed by atoms with Gasteiger partial charge in [0.15, 0.2) is 0 Å². The van der Waals surface area contributed by atoms with Gasteiger partial charge in [-0.2, -0.15) is 0 Å². The van der Waals surface area contributed by atoms with Crippen molar-refractivity contribution in [1.82, 2.24) is 15.2 Å². The van der Waals surface area contributed by atoms with Crippen molar-refractivity contribution in [2.45, 2.75) is 51.6 Å². The van der Waals surface area contributed by atoms with Crippen molar-refractivity contribution in [3.8, 4) is 0 Å². The van der Waals surface area contributed by atoms with Crippen molar-refractivity contribution in [3.63, 3.8) is 0 Å². The van der Waals surface area contributed by atoms with Gasteiger partial charge in [-0.25, -0.2) is 4.98 Å². The van der Waals surface area contributed by atoms with Crippen molar-refractivity contribution in [2.75, 3.05) is 26.2 Å². The van der Waals surface area contributed by atoms with Gasteiger partial charge in [0.2, 0.25) is 0 Å². The molecule has 0 atom stereocenters. The SMILES string of the molecule is CC(C)(C)c1ncc(C(=O)NCCCN2CCC(O)CC2)s1. The molecule has 1 saturated heterocycles. The minimum Gasteiger partial charge on any atom is -0.393 e. The Bertz CT molecular complexity index is 488. The zero-order valence-electron chi connectivity index (χ0n) is 13.8. The maximum absolute atomic E-state index is 12.1. The van der Waals surface area contributed by atoms with Gasteiger partial charge in [0.05, 0.1) is 17.3 Å². The van der Waals surface area contributed by atoms with E-state index in [0.29, 0.717) is 11.4 Å². The number of carbonyl (C=O) groups excluding carboxylic acids is 1. The number of nitrogens with one attached hydrogen (secondary N) is 1. The van der Waals surface area contributed by atoms with Gasteiger partial charge in [-0.15, -0.1) is 11.3 Å². The van der Waals surface area contributed by atoms with Crippen molar-refractivity contribution in [3.05, 3.63) is 16.1 Å². The third-order valence-corrected chi connectivity index (χ3v) is 5.29. The zero-order valence-corrected chi connectivity index (χ0v) is 14.6. The van der Waals surface area contributed by atoms with Gasteiger partial charge in [-0.05, 0) is 25.8 Å². The highest BCUT2D eigenvalue weighted by molar-refractivity contribution is 7.13. The van der Waals surface area contributed by atoms with Crippen LogP contribution in [0.1, 0.15) is 54.7 Å². The molecule has 1 aliphatic heterocycles. The Balaban J connectivity index is 1.68. The van der Waals surface area contributed by atoms with Gasteiger partial charge in [0, 0.05) is 25.0 Å². The first-order chi connectivity index (χ1) is 10.4. The minimum absolute atomic E-state index is 0.0119. The molecule has 6 heteroatoms.